The number of nitrogens with two attached hydrogens (primary N) is 1. The molecule has 5 rings (SSSR count). The van der Waals surface area contributed by atoms with E-state index in [-0.39, 0.29) is 17.3 Å². The smallest absolute Gasteiger partial charge is 0.309 e. The average molecular weight is 320 g/mol. The van der Waals surface area contributed by atoms with Gasteiger partial charge in [0, 0.05) is 12.5 Å². The van der Waals surface area contributed by atoms with Crippen molar-refractivity contribution in [3.8, 4) is 0 Å². The summed E-state index contributed by atoms with van der Waals surface area (Å²) in [5.41, 5.74) is 5.73. The van der Waals surface area contributed by atoms with E-state index in [0.29, 0.717) is 24.8 Å². The molecule has 4 N–H and O–H groups in total. The molecule has 0 aromatic heterocycles. The highest BCUT2D eigenvalue weighted by molar-refractivity contribution is 6.51. The maximum Gasteiger partial charge on any atom is 0.309 e. The highest BCUT2D eigenvalue weighted by Gasteiger charge is 2.60. The Kier molecular flexibility index (Phi) is 3.60. The molecule has 6 heteroatoms. The number of rotatable bonds is 3. The van der Waals surface area contributed by atoms with Crippen LogP contribution in [0.1, 0.15) is 51.4 Å². The van der Waals surface area contributed by atoms with E-state index in [1.807, 2.05) is 4.90 Å². The monoisotopic (exact) mass is 320 g/mol. The fourth-order valence-corrected chi connectivity index (χ4v) is 6.66. The van der Waals surface area contributed by atoms with E-state index in [1.54, 1.807) is 6.82 Å². The molecule has 5 fully saturated rings. The van der Waals surface area contributed by atoms with E-state index >= 15 is 0 Å². The summed E-state index contributed by atoms with van der Waals surface area (Å²) < 4.78 is 0. The van der Waals surface area contributed by atoms with Gasteiger partial charge < -0.3 is 20.8 Å². The minimum absolute atomic E-state index is 0.000972. The lowest BCUT2D eigenvalue weighted by molar-refractivity contribution is -0.177. The molecule has 5 aliphatic rings. The third-order valence-corrected chi connectivity index (χ3v) is 7.14. The van der Waals surface area contributed by atoms with Crippen LogP contribution >= 0.6 is 0 Å². The van der Waals surface area contributed by atoms with Crippen LogP contribution in [0.15, 0.2) is 0 Å². The van der Waals surface area contributed by atoms with Gasteiger partial charge in [0.05, 0.1) is 11.6 Å². The third kappa shape index (κ3) is 2.45. The fourth-order valence-electron chi connectivity index (χ4n) is 6.66. The van der Waals surface area contributed by atoms with Crippen LogP contribution in [0.25, 0.3) is 0 Å². The van der Waals surface area contributed by atoms with Crippen molar-refractivity contribution in [3.05, 3.63) is 0 Å². The van der Waals surface area contributed by atoms with Gasteiger partial charge in [0.1, 0.15) is 0 Å². The highest BCUT2D eigenvalue weighted by atomic mass is 16.3. The Morgan fingerprint density at radius 1 is 1.30 bits per heavy atom. The summed E-state index contributed by atoms with van der Waals surface area (Å²) in [6.45, 7) is 1.96. The van der Waals surface area contributed by atoms with E-state index in [4.69, 9.17) is 5.73 Å². The Bertz CT molecular complexity index is 498. The van der Waals surface area contributed by atoms with Gasteiger partial charge in [0.2, 0.25) is 5.91 Å². The molecule has 0 radical (unpaired) electrons. The van der Waals surface area contributed by atoms with Crippen LogP contribution in [0.5, 0.6) is 0 Å². The SMILES string of the molecule is CB(O)[C@@H]1CCCN1C(=O)[C@@H](N)C12CC3CC(CC(O)(C3)C1)C2. The second-order valence-corrected chi connectivity index (χ2v) is 9.01. The quantitative estimate of drug-likeness (QED) is 0.671. The summed E-state index contributed by atoms with van der Waals surface area (Å²) >= 11 is 0. The van der Waals surface area contributed by atoms with Gasteiger partial charge in [0.15, 0.2) is 0 Å². The van der Waals surface area contributed by atoms with Crippen molar-refractivity contribution in [3.63, 3.8) is 0 Å². The van der Waals surface area contributed by atoms with Crippen molar-refractivity contribution in [2.45, 2.75) is 75.8 Å². The van der Waals surface area contributed by atoms with Crippen molar-refractivity contribution in [2.24, 2.45) is 23.0 Å². The Balaban J connectivity index is 1.57. The minimum atomic E-state index is -0.587. The zero-order valence-electron chi connectivity index (χ0n) is 14.1. The number of carbonyl (C=O) groups excluding carboxylic acids is 1. The Morgan fingerprint density at radius 2 is 1.96 bits per heavy atom. The lowest BCUT2D eigenvalue weighted by atomic mass is 9.46. The van der Waals surface area contributed by atoms with E-state index in [9.17, 15) is 14.9 Å². The standard InChI is InChI=1S/C17H29BN2O3/c1-18(23)13-3-2-4-20(13)15(21)14(19)16-6-11-5-12(7-16)9-17(22,8-11)10-16/h11-14,22-23H,2-10,19H2,1H3/t11?,12?,13-,14+,16?,17?/m0/s1. The number of carbonyl (C=O) groups is 1. The van der Waals surface area contributed by atoms with Crippen molar-refractivity contribution in [1.29, 1.82) is 0 Å². The molecule has 4 saturated carbocycles. The van der Waals surface area contributed by atoms with Crippen molar-refractivity contribution in [1.82, 2.24) is 4.90 Å². The summed E-state index contributed by atoms with van der Waals surface area (Å²) in [5, 5.41) is 20.8. The van der Waals surface area contributed by atoms with Gasteiger partial charge in [0.25, 0.3) is 0 Å². The third-order valence-electron chi connectivity index (χ3n) is 7.14. The summed E-state index contributed by atoms with van der Waals surface area (Å²) in [5.74, 6) is 0.974. The molecule has 2 unspecified atom stereocenters. The molecular weight excluding hydrogens is 291 g/mol. The van der Waals surface area contributed by atoms with Gasteiger partial charge in [-0.1, -0.05) is 6.82 Å². The average Bonchev–Trinajstić information content (AvgIpc) is 2.92. The molecule has 0 spiro atoms. The first-order valence-corrected chi connectivity index (χ1v) is 9.28. The number of hydrogen-bond donors (Lipinski definition) is 3. The largest absolute Gasteiger partial charge is 0.449 e. The first-order chi connectivity index (χ1) is 10.8. The molecule has 128 valence electrons. The number of likely N-dealkylation sites (tertiary alicyclic amines) is 1. The topological polar surface area (TPSA) is 86.8 Å². The van der Waals surface area contributed by atoms with Crippen LogP contribution in [-0.2, 0) is 4.79 Å². The van der Waals surface area contributed by atoms with Crippen LogP contribution in [-0.4, -0.2) is 52.0 Å². The first-order valence-electron chi connectivity index (χ1n) is 9.28. The summed E-state index contributed by atoms with van der Waals surface area (Å²) in [6.07, 6.45) is 7.46. The molecular formula is C17H29BN2O3. The lowest BCUT2D eigenvalue weighted by Gasteiger charge is -2.61. The second-order valence-electron chi connectivity index (χ2n) is 9.01. The molecule has 4 bridgehead atoms. The van der Waals surface area contributed by atoms with Crippen LogP contribution in [0, 0.1) is 17.3 Å². The van der Waals surface area contributed by atoms with Crippen molar-refractivity contribution >= 4 is 12.8 Å². The number of hydrogen-bond acceptors (Lipinski definition) is 4. The number of aliphatic hydroxyl groups is 1. The molecule has 0 aromatic carbocycles. The van der Waals surface area contributed by atoms with Gasteiger partial charge in [-0.05, 0) is 68.6 Å². The van der Waals surface area contributed by atoms with E-state index in [2.05, 4.69) is 0 Å². The first kappa shape index (κ1) is 15.9. The van der Waals surface area contributed by atoms with Crippen LogP contribution in [0.3, 0.4) is 0 Å². The van der Waals surface area contributed by atoms with Gasteiger partial charge in [-0.2, -0.15) is 0 Å². The maximum atomic E-state index is 13.1. The normalized spacial score (nSPS) is 46.3. The van der Waals surface area contributed by atoms with Gasteiger partial charge >= 0.3 is 6.92 Å². The molecule has 1 aliphatic heterocycles. The van der Waals surface area contributed by atoms with Gasteiger partial charge in [-0.3, -0.25) is 4.79 Å². The summed E-state index contributed by atoms with van der Waals surface area (Å²) in [6, 6.07) is -0.528. The predicted molar refractivity (Wildman–Crippen MR) is 88.6 cm³/mol. The van der Waals surface area contributed by atoms with Crippen LogP contribution in [0.4, 0.5) is 0 Å². The Labute approximate surface area is 138 Å². The molecule has 4 aliphatic carbocycles. The highest BCUT2D eigenvalue weighted by Crippen LogP contribution is 2.62. The molecule has 1 heterocycles. The van der Waals surface area contributed by atoms with Crippen LogP contribution in [0.2, 0.25) is 6.82 Å². The van der Waals surface area contributed by atoms with E-state index < -0.39 is 18.6 Å². The van der Waals surface area contributed by atoms with Gasteiger partial charge in [-0.15, -0.1) is 0 Å². The zero-order chi connectivity index (χ0) is 16.4. The van der Waals surface area contributed by atoms with E-state index in [0.717, 1.165) is 38.5 Å². The van der Waals surface area contributed by atoms with Crippen molar-refractivity contribution < 1.29 is 14.9 Å². The summed E-state index contributed by atoms with van der Waals surface area (Å²) in [7, 11) is 0. The molecule has 23 heavy (non-hydrogen) atoms. The number of nitrogens with zero attached hydrogens (tertiary/aromatic N) is 1. The van der Waals surface area contributed by atoms with E-state index in [1.165, 1.54) is 6.42 Å². The molecule has 1 saturated heterocycles. The lowest BCUT2D eigenvalue weighted by Crippen LogP contribution is -2.65. The van der Waals surface area contributed by atoms with Crippen LogP contribution < -0.4 is 5.73 Å². The predicted octanol–water partition coefficient (Wildman–Crippen LogP) is 0.789. The fraction of sp³-hybridized carbons (Fsp3) is 0.941. The second kappa shape index (κ2) is 5.20. The zero-order valence-corrected chi connectivity index (χ0v) is 14.1. The minimum Gasteiger partial charge on any atom is -0.449 e. The van der Waals surface area contributed by atoms with Gasteiger partial charge in [-0.25, -0.2) is 0 Å². The maximum absolute atomic E-state index is 13.1. The molecule has 0 aromatic rings. The number of amides is 1. The molecule has 1 amide bonds. The molecule has 4 atom stereocenters. The molecule has 5 nitrogen and oxygen atoms in total. The Hall–Kier alpha value is -0.585. The summed E-state index contributed by atoms with van der Waals surface area (Å²) in [4.78, 5) is 14.9. The Morgan fingerprint density at radius 3 is 2.52 bits per heavy atom. The van der Waals surface area contributed by atoms with Crippen molar-refractivity contribution in [2.75, 3.05) is 6.54 Å².